The molecule has 0 aliphatic rings. The molecular formula is C11H7ClN2S2. The Morgan fingerprint density at radius 3 is 2.88 bits per heavy atom. The minimum atomic E-state index is 0.551. The fourth-order valence-corrected chi connectivity index (χ4v) is 3.64. The van der Waals surface area contributed by atoms with Gasteiger partial charge in [0.1, 0.15) is 5.82 Å². The van der Waals surface area contributed by atoms with Crippen LogP contribution in [0.25, 0.3) is 20.7 Å². The summed E-state index contributed by atoms with van der Waals surface area (Å²) in [5.74, 6) is 0.716. The number of aryl methyl sites for hydroxylation is 1. The van der Waals surface area contributed by atoms with Crippen LogP contribution in [0.15, 0.2) is 22.9 Å². The Hall–Kier alpha value is -0.970. The quantitative estimate of drug-likeness (QED) is 0.611. The van der Waals surface area contributed by atoms with Crippen LogP contribution in [0.5, 0.6) is 0 Å². The van der Waals surface area contributed by atoms with E-state index in [0.29, 0.717) is 11.0 Å². The average Bonchev–Trinajstić information content (AvgIpc) is 2.83. The number of fused-ring (bicyclic) bond motifs is 1. The maximum Gasteiger partial charge on any atom is 0.150 e. The number of nitrogens with zero attached hydrogens (tertiary/aromatic N) is 2. The Morgan fingerprint density at radius 1 is 1.25 bits per heavy atom. The highest BCUT2D eigenvalue weighted by atomic mass is 35.5. The van der Waals surface area contributed by atoms with E-state index in [-0.39, 0.29) is 0 Å². The molecule has 16 heavy (non-hydrogen) atoms. The highest BCUT2D eigenvalue weighted by Crippen LogP contribution is 2.37. The van der Waals surface area contributed by atoms with E-state index in [1.54, 1.807) is 22.7 Å². The molecule has 0 bridgehead atoms. The molecule has 0 radical (unpaired) electrons. The fourth-order valence-electron chi connectivity index (χ4n) is 1.60. The van der Waals surface area contributed by atoms with E-state index in [4.69, 9.17) is 11.6 Å². The van der Waals surface area contributed by atoms with Crippen LogP contribution >= 0.6 is 34.3 Å². The van der Waals surface area contributed by atoms with Gasteiger partial charge in [-0.15, -0.1) is 22.7 Å². The van der Waals surface area contributed by atoms with E-state index in [1.807, 2.05) is 13.0 Å². The Balaban J connectivity index is 2.35. The summed E-state index contributed by atoms with van der Waals surface area (Å²) >= 11 is 9.41. The second-order valence-corrected chi connectivity index (χ2v) is 5.55. The molecule has 0 aromatic carbocycles. The van der Waals surface area contributed by atoms with Crippen molar-refractivity contribution in [3.05, 3.63) is 33.9 Å². The predicted molar refractivity (Wildman–Crippen MR) is 70.5 cm³/mol. The lowest BCUT2D eigenvalue weighted by molar-refractivity contribution is 1.10. The van der Waals surface area contributed by atoms with Gasteiger partial charge >= 0.3 is 0 Å². The highest BCUT2D eigenvalue weighted by Gasteiger charge is 2.12. The lowest BCUT2D eigenvalue weighted by Gasteiger charge is -1.97. The van der Waals surface area contributed by atoms with Gasteiger partial charge in [0.2, 0.25) is 0 Å². The van der Waals surface area contributed by atoms with Gasteiger partial charge in [-0.25, -0.2) is 9.97 Å². The Labute approximate surface area is 106 Å². The monoisotopic (exact) mass is 266 g/mol. The number of thiophene rings is 2. The molecule has 3 rings (SSSR count). The molecule has 5 heteroatoms. The van der Waals surface area contributed by atoms with Gasteiger partial charge in [-0.1, -0.05) is 17.7 Å². The fraction of sp³-hybridized carbons (Fsp3) is 0.0909. The van der Waals surface area contributed by atoms with Gasteiger partial charge in [-0.3, -0.25) is 0 Å². The van der Waals surface area contributed by atoms with E-state index < -0.39 is 0 Å². The normalized spacial score (nSPS) is 11.1. The molecular weight excluding hydrogens is 260 g/mol. The Bertz CT molecular complexity index is 643. The second-order valence-electron chi connectivity index (χ2n) is 3.37. The maximum atomic E-state index is 6.10. The van der Waals surface area contributed by atoms with Crippen LogP contribution < -0.4 is 0 Å². The zero-order valence-electron chi connectivity index (χ0n) is 8.40. The van der Waals surface area contributed by atoms with Crippen molar-refractivity contribution in [1.82, 2.24) is 9.97 Å². The summed E-state index contributed by atoms with van der Waals surface area (Å²) in [6.07, 6.45) is 0. The van der Waals surface area contributed by atoms with Crippen molar-refractivity contribution in [1.29, 1.82) is 0 Å². The largest absolute Gasteiger partial charge is 0.232 e. The molecule has 3 aromatic rings. The average molecular weight is 267 g/mol. The summed E-state index contributed by atoms with van der Waals surface area (Å²) < 4.78 is 0.968. The van der Waals surface area contributed by atoms with Crippen molar-refractivity contribution < 1.29 is 0 Å². The van der Waals surface area contributed by atoms with Crippen molar-refractivity contribution in [2.75, 3.05) is 0 Å². The van der Waals surface area contributed by atoms with Gasteiger partial charge < -0.3 is 0 Å². The summed E-state index contributed by atoms with van der Waals surface area (Å²) in [5, 5.41) is 4.71. The number of halogens is 1. The van der Waals surface area contributed by atoms with Crippen molar-refractivity contribution in [3.8, 4) is 10.4 Å². The third-order valence-electron chi connectivity index (χ3n) is 2.27. The SMILES string of the molecule is Cc1nc(Cl)c2scc(-c3cccs3)c2n1. The van der Waals surface area contributed by atoms with Crippen LogP contribution in [0.3, 0.4) is 0 Å². The molecule has 3 aromatic heterocycles. The van der Waals surface area contributed by atoms with Crippen LogP contribution in [-0.4, -0.2) is 9.97 Å². The molecule has 0 atom stereocenters. The minimum Gasteiger partial charge on any atom is -0.232 e. The highest BCUT2D eigenvalue weighted by molar-refractivity contribution is 7.19. The molecule has 0 aliphatic heterocycles. The Morgan fingerprint density at radius 2 is 2.12 bits per heavy atom. The van der Waals surface area contributed by atoms with Gasteiger partial charge in [-0.2, -0.15) is 0 Å². The molecule has 0 unspecified atom stereocenters. The van der Waals surface area contributed by atoms with E-state index in [2.05, 4.69) is 26.8 Å². The topological polar surface area (TPSA) is 25.8 Å². The maximum absolute atomic E-state index is 6.10. The first-order chi connectivity index (χ1) is 7.75. The van der Waals surface area contributed by atoms with Crippen LogP contribution in [0.1, 0.15) is 5.82 Å². The molecule has 0 aliphatic carbocycles. The number of hydrogen-bond donors (Lipinski definition) is 0. The lowest BCUT2D eigenvalue weighted by atomic mass is 10.2. The van der Waals surface area contributed by atoms with Gasteiger partial charge in [-0.05, 0) is 18.4 Å². The van der Waals surface area contributed by atoms with Gasteiger partial charge in [0.25, 0.3) is 0 Å². The van der Waals surface area contributed by atoms with E-state index in [0.717, 1.165) is 15.8 Å². The molecule has 3 heterocycles. The standard InChI is InChI=1S/C11H7ClN2S2/c1-6-13-9-7(8-3-2-4-15-8)5-16-10(9)11(12)14-6/h2-5H,1H3. The van der Waals surface area contributed by atoms with Crippen LogP contribution in [0.4, 0.5) is 0 Å². The summed E-state index contributed by atoms with van der Waals surface area (Å²) in [5.41, 5.74) is 2.12. The minimum absolute atomic E-state index is 0.551. The van der Waals surface area contributed by atoms with Crippen molar-refractivity contribution >= 4 is 44.5 Å². The summed E-state index contributed by atoms with van der Waals surface area (Å²) in [6.45, 7) is 1.86. The van der Waals surface area contributed by atoms with Crippen LogP contribution in [0.2, 0.25) is 5.15 Å². The van der Waals surface area contributed by atoms with Crippen molar-refractivity contribution in [3.63, 3.8) is 0 Å². The lowest BCUT2D eigenvalue weighted by Crippen LogP contribution is -1.87. The molecule has 0 spiro atoms. The molecule has 0 fully saturated rings. The predicted octanol–water partition coefficient (Wildman–Crippen LogP) is 4.38. The summed E-state index contributed by atoms with van der Waals surface area (Å²) in [4.78, 5) is 9.86. The molecule has 80 valence electrons. The van der Waals surface area contributed by atoms with Crippen LogP contribution in [0, 0.1) is 6.92 Å². The molecule has 0 amide bonds. The molecule has 0 N–H and O–H groups in total. The Kier molecular flexibility index (Phi) is 2.42. The zero-order chi connectivity index (χ0) is 11.1. The van der Waals surface area contributed by atoms with Gasteiger partial charge in [0.15, 0.2) is 5.15 Å². The van der Waals surface area contributed by atoms with Gasteiger partial charge in [0, 0.05) is 15.8 Å². The molecule has 0 saturated heterocycles. The summed E-state index contributed by atoms with van der Waals surface area (Å²) in [6, 6.07) is 4.14. The van der Waals surface area contributed by atoms with Crippen LogP contribution in [-0.2, 0) is 0 Å². The smallest absolute Gasteiger partial charge is 0.150 e. The first-order valence-corrected chi connectivity index (χ1v) is 6.84. The van der Waals surface area contributed by atoms with E-state index in [1.165, 1.54) is 4.88 Å². The third-order valence-corrected chi connectivity index (χ3v) is 4.54. The number of hydrogen-bond acceptors (Lipinski definition) is 4. The van der Waals surface area contributed by atoms with E-state index >= 15 is 0 Å². The zero-order valence-corrected chi connectivity index (χ0v) is 10.8. The third kappa shape index (κ3) is 1.54. The second kappa shape index (κ2) is 3.80. The van der Waals surface area contributed by atoms with Crippen molar-refractivity contribution in [2.24, 2.45) is 0 Å². The van der Waals surface area contributed by atoms with E-state index in [9.17, 15) is 0 Å². The van der Waals surface area contributed by atoms with Crippen molar-refractivity contribution in [2.45, 2.75) is 6.92 Å². The molecule has 2 nitrogen and oxygen atoms in total. The number of aromatic nitrogens is 2. The van der Waals surface area contributed by atoms with Gasteiger partial charge in [0.05, 0.1) is 10.2 Å². The summed E-state index contributed by atoms with van der Waals surface area (Å²) in [7, 11) is 0. The molecule has 0 saturated carbocycles. The number of rotatable bonds is 1. The first kappa shape index (κ1) is 10.2. The first-order valence-electron chi connectivity index (χ1n) is 4.71.